The van der Waals surface area contributed by atoms with Crippen LogP contribution in [0.5, 0.6) is 5.75 Å². The summed E-state index contributed by atoms with van der Waals surface area (Å²) in [5.74, 6) is 1.14. The first-order valence-electron chi connectivity index (χ1n) is 9.43. The van der Waals surface area contributed by atoms with Crippen molar-refractivity contribution in [1.82, 2.24) is 4.90 Å². The van der Waals surface area contributed by atoms with E-state index in [1.54, 1.807) is 11.9 Å². The standard InChI is InChI=1S/C22H27N3O2/c1-21(2)14-22(19(26)25(3)20(23)24-22)17-13-16(11-12-18(17)27-21)10-9-15-7-5-4-6-8-15/h4-8,11-13,19,26H,9-10,14H2,1-3H3,(H2,23,24). The fourth-order valence-corrected chi connectivity index (χ4v) is 4.29. The van der Waals surface area contributed by atoms with E-state index in [1.807, 2.05) is 26.0 Å². The van der Waals surface area contributed by atoms with Crippen molar-refractivity contribution in [2.45, 2.75) is 50.5 Å². The van der Waals surface area contributed by atoms with Crippen molar-refractivity contribution in [1.29, 1.82) is 0 Å². The zero-order valence-corrected chi connectivity index (χ0v) is 16.1. The number of likely N-dealkylation sites (N-methyl/N-ethyl adjacent to an activating group) is 1. The van der Waals surface area contributed by atoms with Gasteiger partial charge < -0.3 is 20.5 Å². The summed E-state index contributed by atoms with van der Waals surface area (Å²) in [6.45, 7) is 4.05. The molecule has 0 fully saturated rings. The van der Waals surface area contributed by atoms with E-state index in [0.29, 0.717) is 12.4 Å². The van der Waals surface area contributed by atoms with Gasteiger partial charge in [-0.15, -0.1) is 0 Å². The average Bonchev–Trinajstić information content (AvgIpc) is 2.84. The van der Waals surface area contributed by atoms with E-state index in [0.717, 1.165) is 24.2 Å². The quantitative estimate of drug-likeness (QED) is 0.877. The lowest BCUT2D eigenvalue weighted by Crippen LogP contribution is -2.51. The van der Waals surface area contributed by atoms with E-state index in [2.05, 4.69) is 36.4 Å². The average molecular weight is 365 g/mol. The molecular formula is C22H27N3O2. The van der Waals surface area contributed by atoms with Crippen molar-refractivity contribution in [3.63, 3.8) is 0 Å². The Balaban J connectivity index is 1.71. The number of benzene rings is 2. The largest absolute Gasteiger partial charge is 0.487 e. The highest BCUT2D eigenvalue weighted by atomic mass is 16.5. The van der Waals surface area contributed by atoms with Crippen LogP contribution in [0.3, 0.4) is 0 Å². The smallest absolute Gasteiger partial charge is 0.194 e. The highest BCUT2D eigenvalue weighted by Gasteiger charge is 2.55. The molecule has 1 spiro atoms. The molecule has 2 unspecified atom stereocenters. The Bertz CT molecular complexity index is 878. The van der Waals surface area contributed by atoms with Crippen LogP contribution in [0.25, 0.3) is 0 Å². The number of guanidine groups is 1. The molecule has 0 radical (unpaired) electrons. The molecule has 2 aliphatic rings. The van der Waals surface area contributed by atoms with Crippen LogP contribution in [-0.4, -0.2) is 34.8 Å². The number of fused-ring (bicyclic) bond motifs is 2. The number of nitrogens with two attached hydrogens (primary N) is 1. The van der Waals surface area contributed by atoms with Gasteiger partial charge >= 0.3 is 0 Å². The molecule has 5 nitrogen and oxygen atoms in total. The van der Waals surface area contributed by atoms with Crippen LogP contribution >= 0.6 is 0 Å². The Hall–Kier alpha value is -2.53. The van der Waals surface area contributed by atoms with Crippen molar-refractivity contribution in [2.24, 2.45) is 10.7 Å². The monoisotopic (exact) mass is 365 g/mol. The van der Waals surface area contributed by atoms with Gasteiger partial charge in [-0.2, -0.15) is 0 Å². The minimum atomic E-state index is -0.802. The third-order valence-electron chi connectivity index (χ3n) is 5.61. The van der Waals surface area contributed by atoms with Crippen molar-refractivity contribution in [3.05, 3.63) is 65.2 Å². The SMILES string of the molecule is CN1C(N)=NC2(CC(C)(C)Oc3ccc(CCc4ccccc4)cc32)C1O. The number of aliphatic hydroxyl groups is 1. The lowest BCUT2D eigenvalue weighted by molar-refractivity contribution is -0.0416. The molecule has 0 amide bonds. The number of rotatable bonds is 3. The number of hydrogen-bond acceptors (Lipinski definition) is 5. The normalized spacial score (nSPS) is 25.9. The lowest BCUT2D eigenvalue weighted by atomic mass is 9.76. The summed E-state index contributed by atoms with van der Waals surface area (Å²) in [5.41, 5.74) is 8.28. The Kier molecular flexibility index (Phi) is 4.15. The van der Waals surface area contributed by atoms with Crippen LogP contribution in [0, 0.1) is 0 Å². The molecule has 0 saturated heterocycles. The van der Waals surface area contributed by atoms with E-state index in [9.17, 15) is 5.11 Å². The highest BCUT2D eigenvalue weighted by Crippen LogP contribution is 2.50. The summed E-state index contributed by atoms with van der Waals surface area (Å²) in [4.78, 5) is 6.37. The van der Waals surface area contributed by atoms with Gasteiger partial charge in [0.1, 0.15) is 16.9 Å². The van der Waals surface area contributed by atoms with Gasteiger partial charge in [0.15, 0.2) is 12.2 Å². The van der Waals surface area contributed by atoms with Gasteiger partial charge in [0.25, 0.3) is 0 Å². The van der Waals surface area contributed by atoms with Crippen LogP contribution in [0.15, 0.2) is 53.5 Å². The molecule has 2 heterocycles. The Morgan fingerprint density at radius 2 is 1.85 bits per heavy atom. The van der Waals surface area contributed by atoms with Crippen molar-refractivity contribution < 1.29 is 9.84 Å². The van der Waals surface area contributed by atoms with Gasteiger partial charge in [0.05, 0.1) is 0 Å². The van der Waals surface area contributed by atoms with Gasteiger partial charge in [0, 0.05) is 19.0 Å². The van der Waals surface area contributed by atoms with Gasteiger partial charge in [0.2, 0.25) is 0 Å². The zero-order valence-electron chi connectivity index (χ0n) is 16.1. The topological polar surface area (TPSA) is 71.1 Å². The third-order valence-corrected chi connectivity index (χ3v) is 5.61. The lowest BCUT2D eigenvalue weighted by Gasteiger charge is -2.44. The van der Waals surface area contributed by atoms with E-state index < -0.39 is 17.4 Å². The van der Waals surface area contributed by atoms with E-state index >= 15 is 0 Å². The fourth-order valence-electron chi connectivity index (χ4n) is 4.29. The highest BCUT2D eigenvalue weighted by molar-refractivity contribution is 5.81. The molecule has 2 aromatic carbocycles. The molecule has 4 rings (SSSR count). The first-order valence-corrected chi connectivity index (χ1v) is 9.43. The second-order valence-corrected chi connectivity index (χ2v) is 8.23. The van der Waals surface area contributed by atoms with E-state index in [-0.39, 0.29) is 0 Å². The summed E-state index contributed by atoms with van der Waals surface area (Å²) in [7, 11) is 1.78. The molecule has 2 aliphatic heterocycles. The van der Waals surface area contributed by atoms with Crippen LogP contribution in [0.4, 0.5) is 0 Å². The second kappa shape index (κ2) is 6.27. The molecular weight excluding hydrogens is 338 g/mol. The maximum atomic E-state index is 11.0. The predicted octanol–water partition coefficient (Wildman–Crippen LogP) is 2.81. The van der Waals surface area contributed by atoms with Gasteiger partial charge in [-0.1, -0.05) is 36.4 Å². The molecule has 142 valence electrons. The number of aliphatic hydroxyl groups excluding tert-OH is 1. The first kappa shape index (κ1) is 17.9. The molecule has 5 heteroatoms. The maximum absolute atomic E-state index is 11.0. The second-order valence-electron chi connectivity index (χ2n) is 8.23. The molecule has 0 aromatic heterocycles. The summed E-state index contributed by atoms with van der Waals surface area (Å²) < 4.78 is 6.20. The zero-order chi connectivity index (χ0) is 19.2. The number of hydrogen-bond donors (Lipinski definition) is 2. The molecule has 2 atom stereocenters. The fraction of sp³-hybridized carbons (Fsp3) is 0.409. The number of nitrogens with zero attached hydrogens (tertiary/aromatic N) is 2. The summed E-state index contributed by atoms with van der Waals surface area (Å²) in [6.07, 6.45) is 1.65. The van der Waals surface area contributed by atoms with Gasteiger partial charge in [-0.3, -0.25) is 0 Å². The van der Waals surface area contributed by atoms with Gasteiger partial charge in [-0.05, 0) is 49.9 Å². The molecule has 0 saturated carbocycles. The van der Waals surface area contributed by atoms with Crippen LogP contribution in [0.1, 0.15) is 37.0 Å². The Morgan fingerprint density at radius 3 is 2.52 bits per heavy atom. The predicted molar refractivity (Wildman–Crippen MR) is 107 cm³/mol. The van der Waals surface area contributed by atoms with Crippen molar-refractivity contribution in [3.8, 4) is 5.75 Å². The van der Waals surface area contributed by atoms with Crippen LogP contribution in [0.2, 0.25) is 0 Å². The third kappa shape index (κ3) is 3.06. The molecule has 3 N–H and O–H groups in total. The summed E-state index contributed by atoms with van der Waals surface area (Å²) in [6, 6.07) is 16.7. The van der Waals surface area contributed by atoms with Crippen LogP contribution in [-0.2, 0) is 18.4 Å². The molecule has 0 bridgehead atoms. The Labute approximate surface area is 160 Å². The summed E-state index contributed by atoms with van der Waals surface area (Å²) in [5, 5.41) is 11.0. The van der Waals surface area contributed by atoms with E-state index in [4.69, 9.17) is 15.5 Å². The van der Waals surface area contributed by atoms with Crippen LogP contribution < -0.4 is 10.5 Å². The number of aliphatic imine (C=N–C) groups is 1. The van der Waals surface area contributed by atoms with E-state index in [1.165, 1.54) is 11.1 Å². The number of ether oxygens (including phenoxy) is 1. The molecule has 2 aromatic rings. The molecule has 27 heavy (non-hydrogen) atoms. The van der Waals surface area contributed by atoms with Gasteiger partial charge in [-0.25, -0.2) is 4.99 Å². The minimum absolute atomic E-state index is 0.362. The van der Waals surface area contributed by atoms with Crippen molar-refractivity contribution >= 4 is 5.96 Å². The first-order chi connectivity index (χ1) is 12.8. The maximum Gasteiger partial charge on any atom is 0.194 e. The van der Waals surface area contributed by atoms with Crippen molar-refractivity contribution in [2.75, 3.05) is 7.05 Å². The molecule has 0 aliphatic carbocycles. The number of aryl methyl sites for hydroxylation is 2. The minimum Gasteiger partial charge on any atom is -0.487 e. The summed E-state index contributed by atoms with van der Waals surface area (Å²) >= 11 is 0. The Morgan fingerprint density at radius 1 is 1.15 bits per heavy atom.